The quantitative estimate of drug-likeness (QED) is 0.0222. The Morgan fingerprint density at radius 1 is 0.280 bits per heavy atom. The average molecular weight is 1470 g/mol. The molecule has 0 aliphatic heterocycles. The van der Waals surface area contributed by atoms with Crippen molar-refractivity contribution in [2.75, 3.05) is 39.6 Å². The molecular weight excluding hydrogens is 1310 g/mol. The molecule has 0 aromatic carbocycles. The SMILES string of the molecule is CCC(C)CCCCCCCCC(=O)OC[C@H](COP(=O)(O)OC[C@H](O)COP(=O)(O)OC[C@@H](COC(=O)CCCCCCCCCCCCCCCCCC(C)C)OC(=O)CCCCCCCCCCCCCCCCCCCCC(C)C)OC(=O)CCCCCCCCCCC(C)C. The number of carbonyl (C=O) groups is 4. The predicted molar refractivity (Wildman–Crippen MR) is 409 cm³/mol. The van der Waals surface area contributed by atoms with Crippen molar-refractivity contribution in [3.8, 4) is 0 Å². The van der Waals surface area contributed by atoms with E-state index in [1.54, 1.807) is 0 Å². The van der Waals surface area contributed by atoms with Crippen molar-refractivity contribution in [1.82, 2.24) is 0 Å². The predicted octanol–water partition coefficient (Wildman–Crippen LogP) is 24.0. The first-order valence-corrected chi connectivity index (χ1v) is 44.7. The molecule has 0 aromatic heterocycles. The summed E-state index contributed by atoms with van der Waals surface area (Å²) in [5.41, 5.74) is 0. The number of carbonyl (C=O) groups excluding carboxylic acids is 4. The fourth-order valence-electron chi connectivity index (χ4n) is 12.4. The summed E-state index contributed by atoms with van der Waals surface area (Å²) in [6.07, 6.45) is 57.1. The zero-order chi connectivity index (χ0) is 73.8. The molecule has 17 nitrogen and oxygen atoms in total. The van der Waals surface area contributed by atoms with Gasteiger partial charge in [0.05, 0.1) is 26.4 Å². The van der Waals surface area contributed by atoms with Gasteiger partial charge in [-0.2, -0.15) is 0 Å². The van der Waals surface area contributed by atoms with Gasteiger partial charge in [-0.15, -0.1) is 0 Å². The lowest BCUT2D eigenvalue weighted by Crippen LogP contribution is -2.30. The summed E-state index contributed by atoms with van der Waals surface area (Å²) in [4.78, 5) is 73.0. The molecule has 0 rings (SSSR count). The van der Waals surface area contributed by atoms with Gasteiger partial charge in [0.15, 0.2) is 12.2 Å². The van der Waals surface area contributed by atoms with Gasteiger partial charge >= 0.3 is 39.5 Å². The maximum atomic E-state index is 13.1. The number of phosphoric acid groups is 2. The molecule has 19 heteroatoms. The minimum atomic E-state index is -4.96. The van der Waals surface area contributed by atoms with Gasteiger partial charge in [-0.05, 0) is 49.4 Å². The van der Waals surface area contributed by atoms with Crippen LogP contribution in [0.15, 0.2) is 0 Å². The van der Waals surface area contributed by atoms with Crippen LogP contribution >= 0.6 is 15.6 Å². The number of aliphatic hydroxyl groups is 1. The number of hydrogen-bond donors (Lipinski definition) is 3. The van der Waals surface area contributed by atoms with Crippen molar-refractivity contribution in [2.24, 2.45) is 23.7 Å². The van der Waals surface area contributed by atoms with Crippen LogP contribution in [0.2, 0.25) is 0 Å². The zero-order valence-corrected chi connectivity index (χ0v) is 67.6. The van der Waals surface area contributed by atoms with Gasteiger partial charge in [-0.3, -0.25) is 37.3 Å². The van der Waals surface area contributed by atoms with Gasteiger partial charge in [0, 0.05) is 25.7 Å². The molecule has 0 aliphatic carbocycles. The van der Waals surface area contributed by atoms with E-state index >= 15 is 0 Å². The molecule has 0 heterocycles. The van der Waals surface area contributed by atoms with Crippen LogP contribution in [0.3, 0.4) is 0 Å². The fourth-order valence-corrected chi connectivity index (χ4v) is 14.0. The number of unbranched alkanes of at least 4 members (excludes halogenated alkanes) is 43. The lowest BCUT2D eigenvalue weighted by molar-refractivity contribution is -0.161. The molecule has 3 unspecified atom stereocenters. The Balaban J connectivity index is 5.21. The highest BCUT2D eigenvalue weighted by atomic mass is 31.2. The first kappa shape index (κ1) is 98.1. The minimum Gasteiger partial charge on any atom is -0.462 e. The molecule has 0 fully saturated rings. The van der Waals surface area contributed by atoms with Gasteiger partial charge in [0.2, 0.25) is 0 Å². The molecule has 100 heavy (non-hydrogen) atoms. The van der Waals surface area contributed by atoms with E-state index in [2.05, 4.69) is 55.4 Å². The molecule has 0 radical (unpaired) electrons. The van der Waals surface area contributed by atoms with Crippen LogP contribution in [0.4, 0.5) is 0 Å². The van der Waals surface area contributed by atoms with Crippen molar-refractivity contribution < 1.29 is 80.2 Å². The minimum absolute atomic E-state index is 0.103. The molecule has 0 bridgehead atoms. The van der Waals surface area contributed by atoms with E-state index in [-0.39, 0.29) is 25.7 Å². The number of esters is 4. The average Bonchev–Trinajstić information content (AvgIpc) is 0.929. The van der Waals surface area contributed by atoms with E-state index in [9.17, 15) is 43.2 Å². The Morgan fingerprint density at radius 2 is 0.480 bits per heavy atom. The molecular formula is C81H158O17P2. The summed E-state index contributed by atoms with van der Waals surface area (Å²) in [7, 11) is -9.92. The molecule has 3 N–H and O–H groups in total. The van der Waals surface area contributed by atoms with Crippen molar-refractivity contribution in [3.63, 3.8) is 0 Å². The van der Waals surface area contributed by atoms with E-state index < -0.39 is 97.5 Å². The van der Waals surface area contributed by atoms with E-state index in [0.717, 1.165) is 120 Å². The first-order chi connectivity index (χ1) is 48.1. The second-order valence-electron chi connectivity index (χ2n) is 30.8. The molecule has 0 aromatic rings. The van der Waals surface area contributed by atoms with Gasteiger partial charge in [0.25, 0.3) is 0 Å². The normalized spacial score (nSPS) is 14.3. The third-order valence-electron chi connectivity index (χ3n) is 19.2. The number of phosphoric ester groups is 2. The van der Waals surface area contributed by atoms with Gasteiger partial charge in [-0.1, -0.05) is 364 Å². The van der Waals surface area contributed by atoms with Crippen molar-refractivity contribution in [2.45, 2.75) is 433 Å². The second kappa shape index (κ2) is 70.1. The molecule has 594 valence electrons. The smallest absolute Gasteiger partial charge is 0.462 e. The van der Waals surface area contributed by atoms with Crippen LogP contribution in [0.5, 0.6) is 0 Å². The van der Waals surface area contributed by atoms with Crippen LogP contribution in [-0.4, -0.2) is 96.7 Å². The van der Waals surface area contributed by atoms with E-state index in [1.807, 2.05) is 0 Å². The Bertz CT molecular complexity index is 1960. The Labute approximate surface area is 613 Å². The van der Waals surface area contributed by atoms with Gasteiger partial charge in [-0.25, -0.2) is 9.13 Å². The summed E-state index contributed by atoms with van der Waals surface area (Å²) in [5.74, 6) is 0.958. The summed E-state index contributed by atoms with van der Waals surface area (Å²) >= 11 is 0. The van der Waals surface area contributed by atoms with Crippen LogP contribution in [0.25, 0.3) is 0 Å². The maximum Gasteiger partial charge on any atom is 0.472 e. The highest BCUT2D eigenvalue weighted by Crippen LogP contribution is 2.45. The topological polar surface area (TPSA) is 237 Å². The second-order valence-corrected chi connectivity index (χ2v) is 33.7. The largest absolute Gasteiger partial charge is 0.472 e. The van der Waals surface area contributed by atoms with Crippen LogP contribution in [-0.2, 0) is 65.4 Å². The van der Waals surface area contributed by atoms with Gasteiger partial charge < -0.3 is 33.8 Å². The molecule has 0 spiro atoms. The number of rotatable bonds is 78. The summed E-state index contributed by atoms with van der Waals surface area (Å²) in [6, 6.07) is 0. The number of aliphatic hydroxyl groups excluding tert-OH is 1. The van der Waals surface area contributed by atoms with Crippen LogP contribution < -0.4 is 0 Å². The van der Waals surface area contributed by atoms with Crippen LogP contribution in [0, 0.1) is 23.7 Å². The summed E-state index contributed by atoms with van der Waals surface area (Å²) in [6.45, 7) is 14.2. The first-order valence-electron chi connectivity index (χ1n) is 41.7. The lowest BCUT2D eigenvalue weighted by atomic mass is 10.00. The molecule has 0 amide bonds. The highest BCUT2D eigenvalue weighted by Gasteiger charge is 2.30. The van der Waals surface area contributed by atoms with Crippen molar-refractivity contribution >= 4 is 39.5 Å². The molecule has 6 atom stereocenters. The van der Waals surface area contributed by atoms with Crippen molar-refractivity contribution in [3.05, 3.63) is 0 Å². The van der Waals surface area contributed by atoms with Crippen LogP contribution in [0.1, 0.15) is 415 Å². The Hall–Kier alpha value is -1.94. The molecule has 0 saturated heterocycles. The van der Waals surface area contributed by atoms with Crippen molar-refractivity contribution in [1.29, 1.82) is 0 Å². The monoisotopic (exact) mass is 1470 g/mol. The van der Waals surface area contributed by atoms with Gasteiger partial charge in [0.1, 0.15) is 19.3 Å². The van der Waals surface area contributed by atoms with E-state index in [0.29, 0.717) is 25.7 Å². The number of hydrogen-bond acceptors (Lipinski definition) is 15. The third kappa shape index (κ3) is 73.0. The summed E-state index contributed by atoms with van der Waals surface area (Å²) in [5, 5.41) is 10.6. The van der Waals surface area contributed by atoms with E-state index in [4.69, 9.17) is 37.0 Å². The fraction of sp³-hybridized carbons (Fsp3) is 0.951. The Morgan fingerprint density at radius 3 is 0.710 bits per heavy atom. The maximum absolute atomic E-state index is 13.1. The third-order valence-corrected chi connectivity index (χ3v) is 21.1. The lowest BCUT2D eigenvalue weighted by Gasteiger charge is -2.21. The number of ether oxygens (including phenoxy) is 4. The molecule has 0 saturated carbocycles. The highest BCUT2D eigenvalue weighted by molar-refractivity contribution is 7.47. The standard InChI is InChI=1S/C81H158O17P2/c1-9-74(8)60-52-44-39-40-46-54-62-79(84)92-68-77(98-81(86)64-56-48-38-32-31-35-43-51-59-73(6)7)70-96-100(89,90)94-66-75(82)65-93-99(87,88)95-69-76(67-91-78(83)61-53-45-36-29-25-21-18-14-16-20-24-28-34-42-50-58-72(4)5)97-80(85)63-55-47-37-30-26-22-17-13-11-10-12-15-19-23-27-33-41-49-57-71(2)3/h71-77,82H,9-70H2,1-8H3,(H,87,88)(H,89,90)/t74?,75-,76-,77-/m1/s1. The molecule has 0 aliphatic rings. The Kier molecular flexibility index (Phi) is 68.7. The van der Waals surface area contributed by atoms with E-state index in [1.165, 1.54) is 212 Å². The zero-order valence-electron chi connectivity index (χ0n) is 65.8. The summed E-state index contributed by atoms with van der Waals surface area (Å²) < 4.78 is 68.7.